The molecule has 0 bridgehead atoms. The van der Waals surface area contributed by atoms with E-state index in [1.54, 1.807) is 30.0 Å². The predicted molar refractivity (Wildman–Crippen MR) is 109 cm³/mol. The number of hydrogen-bond donors (Lipinski definition) is 2. The van der Waals surface area contributed by atoms with Gasteiger partial charge in [0.2, 0.25) is 0 Å². The predicted octanol–water partition coefficient (Wildman–Crippen LogP) is 4.71. The van der Waals surface area contributed by atoms with Gasteiger partial charge in [-0.3, -0.25) is 0 Å². The molecular weight excluding hydrogens is 358 g/mol. The summed E-state index contributed by atoms with van der Waals surface area (Å²) in [7, 11) is 0. The second kappa shape index (κ2) is 7.48. The molecule has 0 amide bonds. The average molecular weight is 379 g/mol. The SMILES string of the molecule is CSc1ccccc1-c1nn(-c2cccc(C(=O)O)c2)c2c1CCCCN2. The third-order valence-corrected chi connectivity index (χ3v) is 5.63. The molecule has 1 aromatic heterocycles. The molecule has 0 aliphatic carbocycles. The van der Waals surface area contributed by atoms with Gasteiger partial charge < -0.3 is 10.4 Å². The number of carboxylic acid groups (broad SMARTS) is 1. The van der Waals surface area contributed by atoms with E-state index in [2.05, 4.69) is 23.7 Å². The van der Waals surface area contributed by atoms with Crippen LogP contribution >= 0.6 is 11.8 Å². The lowest BCUT2D eigenvalue weighted by molar-refractivity contribution is 0.0697. The lowest BCUT2D eigenvalue weighted by atomic mass is 10.0. The maximum absolute atomic E-state index is 11.4. The number of anilines is 1. The fourth-order valence-electron chi connectivity index (χ4n) is 3.52. The minimum Gasteiger partial charge on any atom is -0.478 e. The lowest BCUT2D eigenvalue weighted by Crippen LogP contribution is -2.08. The zero-order valence-electron chi connectivity index (χ0n) is 15.1. The Kier molecular flexibility index (Phi) is 4.90. The van der Waals surface area contributed by atoms with Gasteiger partial charge in [0.15, 0.2) is 0 Å². The van der Waals surface area contributed by atoms with Crippen molar-refractivity contribution in [3.05, 3.63) is 59.7 Å². The Labute approximate surface area is 162 Å². The second-order valence-electron chi connectivity index (χ2n) is 6.53. The summed E-state index contributed by atoms with van der Waals surface area (Å²) in [6, 6.07) is 15.2. The van der Waals surface area contributed by atoms with E-state index in [1.165, 1.54) is 10.5 Å². The Morgan fingerprint density at radius 1 is 1.19 bits per heavy atom. The quantitative estimate of drug-likeness (QED) is 0.643. The summed E-state index contributed by atoms with van der Waals surface area (Å²) in [6.45, 7) is 0.890. The largest absolute Gasteiger partial charge is 0.478 e. The normalized spacial score (nSPS) is 13.5. The molecule has 5 nitrogen and oxygen atoms in total. The van der Waals surface area contributed by atoms with E-state index in [1.807, 2.05) is 22.9 Å². The summed E-state index contributed by atoms with van der Waals surface area (Å²) in [4.78, 5) is 12.6. The van der Waals surface area contributed by atoms with Crippen LogP contribution in [0.5, 0.6) is 0 Å². The Morgan fingerprint density at radius 3 is 2.85 bits per heavy atom. The number of benzene rings is 2. The summed E-state index contributed by atoms with van der Waals surface area (Å²) in [6.07, 6.45) is 5.24. The summed E-state index contributed by atoms with van der Waals surface area (Å²) < 4.78 is 1.86. The molecule has 6 heteroatoms. The molecule has 2 heterocycles. The zero-order valence-corrected chi connectivity index (χ0v) is 15.9. The fraction of sp³-hybridized carbons (Fsp3) is 0.238. The first-order valence-corrected chi connectivity index (χ1v) is 10.2. The van der Waals surface area contributed by atoms with Crippen LogP contribution in [0.3, 0.4) is 0 Å². The van der Waals surface area contributed by atoms with Crippen LogP contribution in [0.25, 0.3) is 16.9 Å². The first-order chi connectivity index (χ1) is 13.2. The number of fused-ring (bicyclic) bond motifs is 1. The summed E-state index contributed by atoms with van der Waals surface area (Å²) in [5, 5.41) is 17.8. The number of nitrogens with one attached hydrogen (secondary N) is 1. The number of nitrogens with zero attached hydrogens (tertiary/aromatic N) is 2. The van der Waals surface area contributed by atoms with Crippen LogP contribution in [-0.4, -0.2) is 33.7 Å². The van der Waals surface area contributed by atoms with E-state index in [0.717, 1.165) is 48.6 Å². The lowest BCUT2D eigenvalue weighted by Gasteiger charge is -2.09. The van der Waals surface area contributed by atoms with Crippen LogP contribution < -0.4 is 5.32 Å². The standard InChI is InChI=1S/C21H21N3O2S/c1-27-18-11-3-2-9-16(18)19-17-10-4-5-12-22-20(17)24(23-19)15-8-6-7-14(13-15)21(25)26/h2-3,6-9,11,13,22H,4-5,10,12H2,1H3,(H,25,26). The Balaban J connectivity index is 1.92. The molecule has 4 rings (SSSR count). The van der Waals surface area contributed by atoms with Crippen molar-refractivity contribution in [2.45, 2.75) is 24.2 Å². The van der Waals surface area contributed by atoms with Gasteiger partial charge in [-0.05, 0) is 49.8 Å². The van der Waals surface area contributed by atoms with Crippen LogP contribution in [0.1, 0.15) is 28.8 Å². The molecule has 27 heavy (non-hydrogen) atoms. The third-order valence-electron chi connectivity index (χ3n) is 4.83. The van der Waals surface area contributed by atoms with E-state index in [9.17, 15) is 9.90 Å². The molecular formula is C21H21N3O2S. The highest BCUT2D eigenvalue weighted by atomic mass is 32.2. The topological polar surface area (TPSA) is 67.2 Å². The van der Waals surface area contributed by atoms with Crippen LogP contribution in [0.15, 0.2) is 53.4 Å². The first kappa shape index (κ1) is 17.7. The first-order valence-electron chi connectivity index (χ1n) is 9.02. The molecule has 3 aromatic rings. The average Bonchev–Trinajstić information content (AvgIpc) is 2.88. The molecule has 1 aliphatic rings. The van der Waals surface area contributed by atoms with Crippen molar-refractivity contribution in [3.63, 3.8) is 0 Å². The smallest absolute Gasteiger partial charge is 0.335 e. The van der Waals surface area contributed by atoms with Crippen molar-refractivity contribution in [3.8, 4) is 16.9 Å². The van der Waals surface area contributed by atoms with Gasteiger partial charge in [-0.25, -0.2) is 9.48 Å². The Hall–Kier alpha value is -2.73. The summed E-state index contributed by atoms with van der Waals surface area (Å²) in [5.41, 5.74) is 4.32. The highest BCUT2D eigenvalue weighted by Crippen LogP contribution is 2.37. The fourth-order valence-corrected chi connectivity index (χ4v) is 4.12. The minimum absolute atomic E-state index is 0.261. The zero-order chi connectivity index (χ0) is 18.8. The van der Waals surface area contributed by atoms with Crippen LogP contribution in [0.4, 0.5) is 5.82 Å². The molecule has 0 atom stereocenters. The number of aromatic nitrogens is 2. The summed E-state index contributed by atoms with van der Waals surface area (Å²) >= 11 is 1.71. The maximum atomic E-state index is 11.4. The molecule has 0 spiro atoms. The molecule has 0 saturated carbocycles. The highest BCUT2D eigenvalue weighted by Gasteiger charge is 2.23. The number of hydrogen-bond acceptors (Lipinski definition) is 4. The van der Waals surface area contributed by atoms with Gasteiger partial charge in [-0.15, -0.1) is 11.8 Å². The monoisotopic (exact) mass is 379 g/mol. The molecule has 0 unspecified atom stereocenters. The van der Waals surface area contributed by atoms with Crippen LogP contribution in [-0.2, 0) is 6.42 Å². The number of rotatable bonds is 4. The molecule has 0 saturated heterocycles. The van der Waals surface area contributed by atoms with Gasteiger partial charge in [0, 0.05) is 22.6 Å². The van der Waals surface area contributed by atoms with Gasteiger partial charge in [0.25, 0.3) is 0 Å². The van der Waals surface area contributed by atoms with Crippen LogP contribution in [0.2, 0.25) is 0 Å². The van der Waals surface area contributed by atoms with Gasteiger partial charge in [-0.1, -0.05) is 24.3 Å². The Bertz CT molecular complexity index is 997. The third kappa shape index (κ3) is 3.32. The number of carbonyl (C=O) groups is 1. The molecule has 138 valence electrons. The summed E-state index contributed by atoms with van der Waals surface area (Å²) in [5.74, 6) is 0.0388. The van der Waals surface area contributed by atoms with E-state index in [0.29, 0.717) is 0 Å². The number of thioether (sulfide) groups is 1. The molecule has 2 aromatic carbocycles. The van der Waals surface area contributed by atoms with Gasteiger partial charge in [-0.2, -0.15) is 5.10 Å². The molecule has 1 aliphatic heterocycles. The number of aromatic carboxylic acids is 1. The molecule has 0 radical (unpaired) electrons. The van der Waals surface area contributed by atoms with Crippen molar-refractivity contribution in [2.75, 3.05) is 18.1 Å². The van der Waals surface area contributed by atoms with E-state index >= 15 is 0 Å². The van der Waals surface area contributed by atoms with E-state index in [-0.39, 0.29) is 5.56 Å². The van der Waals surface area contributed by atoms with Crippen molar-refractivity contribution in [1.29, 1.82) is 0 Å². The second-order valence-corrected chi connectivity index (χ2v) is 7.38. The van der Waals surface area contributed by atoms with E-state index < -0.39 is 5.97 Å². The van der Waals surface area contributed by atoms with Crippen LogP contribution in [0, 0.1) is 0 Å². The Morgan fingerprint density at radius 2 is 2.04 bits per heavy atom. The van der Waals surface area contributed by atoms with Crippen molar-refractivity contribution >= 4 is 23.5 Å². The minimum atomic E-state index is -0.934. The maximum Gasteiger partial charge on any atom is 0.335 e. The number of carboxylic acids is 1. The van der Waals surface area contributed by atoms with Gasteiger partial charge in [0.1, 0.15) is 5.82 Å². The van der Waals surface area contributed by atoms with Gasteiger partial charge >= 0.3 is 5.97 Å². The van der Waals surface area contributed by atoms with Gasteiger partial charge in [0.05, 0.1) is 16.9 Å². The highest BCUT2D eigenvalue weighted by molar-refractivity contribution is 7.98. The van der Waals surface area contributed by atoms with Crippen molar-refractivity contribution in [2.24, 2.45) is 0 Å². The van der Waals surface area contributed by atoms with Crippen molar-refractivity contribution < 1.29 is 9.90 Å². The molecule has 0 fully saturated rings. The van der Waals surface area contributed by atoms with Crippen molar-refractivity contribution in [1.82, 2.24) is 9.78 Å². The molecule has 2 N–H and O–H groups in total. The van der Waals surface area contributed by atoms with E-state index in [4.69, 9.17) is 5.10 Å².